The Morgan fingerprint density at radius 1 is 1.22 bits per heavy atom. The lowest BCUT2D eigenvalue weighted by molar-refractivity contribution is -0.00699. The number of thiazole rings is 1. The van der Waals surface area contributed by atoms with Gasteiger partial charge in [-0.3, -0.25) is 0 Å². The quantitative estimate of drug-likeness (QED) is 0.884. The molecule has 0 amide bonds. The zero-order valence-corrected chi connectivity index (χ0v) is 11.9. The van der Waals surface area contributed by atoms with Gasteiger partial charge in [-0.25, -0.2) is 4.98 Å². The average Bonchev–Trinajstić information content (AvgIpc) is 2.76. The van der Waals surface area contributed by atoms with Crippen LogP contribution in [0.4, 0.5) is 0 Å². The predicted molar refractivity (Wildman–Crippen MR) is 74.6 cm³/mol. The van der Waals surface area contributed by atoms with E-state index in [1.807, 2.05) is 6.92 Å². The Bertz CT molecular complexity index is 428. The van der Waals surface area contributed by atoms with Crippen LogP contribution in [-0.2, 0) is 5.41 Å². The van der Waals surface area contributed by atoms with Crippen LogP contribution in [0.2, 0.25) is 0 Å². The van der Waals surface area contributed by atoms with E-state index in [2.05, 4.69) is 5.38 Å². The fourth-order valence-corrected chi connectivity index (χ4v) is 6.07. The van der Waals surface area contributed by atoms with E-state index in [0.717, 1.165) is 22.8 Å². The topological polar surface area (TPSA) is 38.9 Å². The van der Waals surface area contributed by atoms with Crippen molar-refractivity contribution in [3.63, 3.8) is 0 Å². The molecule has 1 heterocycles. The van der Waals surface area contributed by atoms with Crippen molar-refractivity contribution < 1.29 is 0 Å². The van der Waals surface area contributed by atoms with Crippen LogP contribution in [0.3, 0.4) is 0 Å². The minimum atomic E-state index is 0.0951. The maximum absolute atomic E-state index is 5.97. The lowest BCUT2D eigenvalue weighted by atomic mass is 9.49. The number of hydrogen-bond donors (Lipinski definition) is 1. The Morgan fingerprint density at radius 3 is 2.22 bits per heavy atom. The van der Waals surface area contributed by atoms with Crippen molar-refractivity contribution in [3.8, 4) is 0 Å². The van der Waals surface area contributed by atoms with Crippen molar-refractivity contribution >= 4 is 11.3 Å². The van der Waals surface area contributed by atoms with Crippen molar-refractivity contribution in [3.05, 3.63) is 16.1 Å². The molecule has 0 radical (unpaired) electrons. The fourth-order valence-electron chi connectivity index (χ4n) is 5.16. The molecule has 4 aliphatic carbocycles. The summed E-state index contributed by atoms with van der Waals surface area (Å²) in [5.41, 5.74) is 7.80. The molecule has 1 aromatic rings. The fraction of sp³-hybridized carbons (Fsp3) is 0.800. The van der Waals surface area contributed by atoms with Crippen LogP contribution >= 0.6 is 11.3 Å². The van der Waals surface area contributed by atoms with Gasteiger partial charge in [-0.2, -0.15) is 0 Å². The van der Waals surface area contributed by atoms with Crippen LogP contribution in [0, 0.1) is 17.8 Å². The zero-order chi connectivity index (χ0) is 12.3. The molecule has 4 saturated carbocycles. The first-order chi connectivity index (χ1) is 8.64. The second-order valence-corrected chi connectivity index (χ2v) is 7.95. The third-order valence-electron chi connectivity index (χ3n) is 5.49. The Kier molecular flexibility index (Phi) is 2.41. The number of nitrogens with zero attached hydrogens (tertiary/aromatic N) is 1. The lowest BCUT2D eigenvalue weighted by Crippen LogP contribution is -2.48. The van der Waals surface area contributed by atoms with Crippen molar-refractivity contribution in [1.29, 1.82) is 0 Å². The molecule has 0 aliphatic heterocycles. The molecule has 18 heavy (non-hydrogen) atoms. The molecule has 1 aromatic heterocycles. The van der Waals surface area contributed by atoms with Crippen molar-refractivity contribution in [2.75, 3.05) is 0 Å². The molecule has 0 saturated heterocycles. The smallest absolute Gasteiger partial charge is 0.109 e. The molecule has 5 rings (SSSR count). The third-order valence-corrected chi connectivity index (χ3v) is 6.54. The normalized spacial score (nSPS) is 43.3. The van der Waals surface area contributed by atoms with Crippen LogP contribution < -0.4 is 5.73 Å². The Balaban J connectivity index is 1.70. The molecule has 2 nitrogen and oxygen atoms in total. The Hall–Kier alpha value is -0.410. The van der Waals surface area contributed by atoms with Gasteiger partial charge in [0.05, 0.1) is 11.7 Å². The average molecular weight is 262 g/mol. The first kappa shape index (κ1) is 11.4. The summed E-state index contributed by atoms with van der Waals surface area (Å²) in [4.78, 5) is 4.89. The molecular weight excluding hydrogens is 240 g/mol. The lowest BCUT2D eigenvalue weighted by Gasteiger charge is -2.56. The van der Waals surface area contributed by atoms with Gasteiger partial charge in [-0.1, -0.05) is 0 Å². The van der Waals surface area contributed by atoms with Gasteiger partial charge < -0.3 is 5.73 Å². The SMILES string of the molecule is CC(N)c1nc(C23CC4CC(CC(C4)C2)C3)cs1. The van der Waals surface area contributed by atoms with E-state index in [0.29, 0.717) is 5.41 Å². The van der Waals surface area contributed by atoms with E-state index in [-0.39, 0.29) is 6.04 Å². The minimum Gasteiger partial charge on any atom is -0.322 e. The van der Waals surface area contributed by atoms with Gasteiger partial charge >= 0.3 is 0 Å². The van der Waals surface area contributed by atoms with Gasteiger partial charge in [0.25, 0.3) is 0 Å². The largest absolute Gasteiger partial charge is 0.322 e. The highest BCUT2D eigenvalue weighted by Gasteiger charge is 2.52. The van der Waals surface area contributed by atoms with Crippen LogP contribution in [0.1, 0.15) is 62.2 Å². The van der Waals surface area contributed by atoms with Crippen LogP contribution in [-0.4, -0.2) is 4.98 Å². The monoisotopic (exact) mass is 262 g/mol. The molecule has 98 valence electrons. The summed E-state index contributed by atoms with van der Waals surface area (Å²) in [5, 5.41) is 3.44. The Labute approximate surface area is 113 Å². The molecule has 2 N–H and O–H groups in total. The summed E-state index contributed by atoms with van der Waals surface area (Å²) in [6.45, 7) is 2.04. The van der Waals surface area contributed by atoms with E-state index in [4.69, 9.17) is 10.7 Å². The molecule has 4 aliphatic rings. The van der Waals surface area contributed by atoms with Gasteiger partial charge in [-0.05, 0) is 63.2 Å². The second kappa shape index (κ2) is 3.80. The summed E-state index contributed by atoms with van der Waals surface area (Å²) in [6, 6.07) is 0.0951. The number of aromatic nitrogens is 1. The molecule has 1 atom stereocenters. The maximum Gasteiger partial charge on any atom is 0.109 e. The molecule has 0 aromatic carbocycles. The molecule has 4 fully saturated rings. The van der Waals surface area contributed by atoms with E-state index in [9.17, 15) is 0 Å². The van der Waals surface area contributed by atoms with Gasteiger partial charge in [-0.15, -0.1) is 11.3 Å². The summed E-state index contributed by atoms with van der Waals surface area (Å²) in [5.74, 6) is 2.99. The summed E-state index contributed by atoms with van der Waals surface area (Å²) in [7, 11) is 0. The zero-order valence-electron chi connectivity index (χ0n) is 11.1. The van der Waals surface area contributed by atoms with Gasteiger partial charge in [0.15, 0.2) is 0 Å². The second-order valence-electron chi connectivity index (χ2n) is 7.06. The summed E-state index contributed by atoms with van der Waals surface area (Å²) in [6.07, 6.45) is 8.72. The van der Waals surface area contributed by atoms with Crippen molar-refractivity contribution in [1.82, 2.24) is 4.98 Å². The number of nitrogens with two attached hydrogens (primary N) is 1. The van der Waals surface area contributed by atoms with E-state index in [1.165, 1.54) is 44.2 Å². The highest BCUT2D eigenvalue weighted by molar-refractivity contribution is 7.09. The van der Waals surface area contributed by atoms with E-state index < -0.39 is 0 Å². The van der Waals surface area contributed by atoms with Crippen molar-refractivity contribution in [2.24, 2.45) is 23.5 Å². The highest BCUT2D eigenvalue weighted by Crippen LogP contribution is 2.60. The van der Waals surface area contributed by atoms with Gasteiger partial charge in [0.2, 0.25) is 0 Å². The summed E-state index contributed by atoms with van der Waals surface area (Å²) < 4.78 is 0. The van der Waals surface area contributed by atoms with Gasteiger partial charge in [0.1, 0.15) is 5.01 Å². The molecular formula is C15H22N2S. The van der Waals surface area contributed by atoms with E-state index >= 15 is 0 Å². The molecule has 0 spiro atoms. The minimum absolute atomic E-state index is 0.0951. The molecule has 4 bridgehead atoms. The number of rotatable bonds is 2. The van der Waals surface area contributed by atoms with Crippen LogP contribution in [0.5, 0.6) is 0 Å². The number of hydrogen-bond acceptors (Lipinski definition) is 3. The highest BCUT2D eigenvalue weighted by atomic mass is 32.1. The Morgan fingerprint density at radius 2 is 1.78 bits per heavy atom. The standard InChI is InChI=1S/C15H22N2S/c1-9(16)14-17-13(8-18-14)15-5-10-2-11(6-15)4-12(3-10)7-15/h8-12H,2-7,16H2,1H3. The first-order valence-electron chi connectivity index (χ1n) is 7.36. The third kappa shape index (κ3) is 1.60. The van der Waals surface area contributed by atoms with Crippen LogP contribution in [0.25, 0.3) is 0 Å². The van der Waals surface area contributed by atoms with Gasteiger partial charge in [0, 0.05) is 10.8 Å². The maximum atomic E-state index is 5.97. The first-order valence-corrected chi connectivity index (χ1v) is 8.24. The van der Waals surface area contributed by atoms with Crippen LogP contribution in [0.15, 0.2) is 5.38 Å². The van der Waals surface area contributed by atoms with E-state index in [1.54, 1.807) is 11.3 Å². The molecule has 1 unspecified atom stereocenters. The van der Waals surface area contributed by atoms with Crippen molar-refractivity contribution in [2.45, 2.75) is 56.9 Å². The summed E-state index contributed by atoms with van der Waals surface area (Å²) >= 11 is 1.77. The molecule has 3 heteroatoms. The predicted octanol–water partition coefficient (Wildman–Crippen LogP) is 3.63.